The SMILES string of the molecule is CCC(CC)(CO)NS(=O)(=O)CC(C)C. The molecule has 0 heterocycles. The molecule has 0 fully saturated rings. The van der Waals surface area contributed by atoms with Crippen LogP contribution in [0.15, 0.2) is 0 Å². The third kappa shape index (κ3) is 4.95. The van der Waals surface area contributed by atoms with Crippen LogP contribution in [0.4, 0.5) is 0 Å². The molecule has 0 radical (unpaired) electrons. The molecule has 0 aliphatic rings. The van der Waals surface area contributed by atoms with Gasteiger partial charge in [-0.25, -0.2) is 13.1 Å². The van der Waals surface area contributed by atoms with Crippen LogP contribution in [0.25, 0.3) is 0 Å². The van der Waals surface area contributed by atoms with E-state index in [0.29, 0.717) is 12.8 Å². The Morgan fingerprint density at radius 2 is 1.73 bits per heavy atom. The van der Waals surface area contributed by atoms with Gasteiger partial charge in [-0.05, 0) is 18.8 Å². The molecule has 2 N–H and O–H groups in total. The van der Waals surface area contributed by atoms with Crippen LogP contribution in [0.3, 0.4) is 0 Å². The second kappa shape index (κ2) is 5.82. The van der Waals surface area contributed by atoms with Gasteiger partial charge in [-0.15, -0.1) is 0 Å². The molecule has 0 aliphatic heterocycles. The fraction of sp³-hybridized carbons (Fsp3) is 1.00. The zero-order chi connectivity index (χ0) is 12.1. The molecule has 0 atom stereocenters. The lowest BCUT2D eigenvalue weighted by atomic mass is 9.96. The minimum absolute atomic E-state index is 0.0904. The maximum absolute atomic E-state index is 11.7. The molecule has 0 aromatic rings. The van der Waals surface area contributed by atoms with Gasteiger partial charge < -0.3 is 5.11 Å². The Morgan fingerprint density at radius 1 is 1.27 bits per heavy atom. The predicted molar refractivity (Wildman–Crippen MR) is 62.2 cm³/mol. The first-order valence-corrected chi connectivity index (χ1v) is 7.08. The molecule has 0 spiro atoms. The largest absolute Gasteiger partial charge is 0.394 e. The van der Waals surface area contributed by atoms with E-state index in [9.17, 15) is 13.5 Å². The smallest absolute Gasteiger partial charge is 0.212 e. The summed E-state index contributed by atoms with van der Waals surface area (Å²) in [5.74, 6) is 0.196. The summed E-state index contributed by atoms with van der Waals surface area (Å²) in [7, 11) is -3.28. The third-order valence-corrected chi connectivity index (χ3v) is 4.43. The Bertz CT molecular complexity index is 260. The second-order valence-corrected chi connectivity index (χ2v) is 6.19. The molecule has 0 aromatic carbocycles. The van der Waals surface area contributed by atoms with Crippen molar-refractivity contribution in [1.29, 1.82) is 0 Å². The summed E-state index contributed by atoms with van der Waals surface area (Å²) in [4.78, 5) is 0. The number of hydrogen-bond acceptors (Lipinski definition) is 3. The Labute approximate surface area is 93.1 Å². The Kier molecular flexibility index (Phi) is 5.77. The summed E-state index contributed by atoms with van der Waals surface area (Å²) >= 11 is 0. The normalized spacial score (nSPS) is 13.5. The average Bonchev–Trinajstić information content (AvgIpc) is 2.12. The van der Waals surface area contributed by atoms with Crippen molar-refractivity contribution in [2.45, 2.75) is 46.1 Å². The lowest BCUT2D eigenvalue weighted by Gasteiger charge is -2.30. The summed E-state index contributed by atoms with van der Waals surface area (Å²) in [6.07, 6.45) is 1.19. The van der Waals surface area contributed by atoms with Crippen LogP contribution in [0.2, 0.25) is 0 Å². The number of hydrogen-bond donors (Lipinski definition) is 2. The zero-order valence-corrected chi connectivity index (χ0v) is 10.9. The van der Waals surface area contributed by atoms with Crippen LogP contribution in [0, 0.1) is 5.92 Å². The fourth-order valence-corrected chi connectivity index (χ4v) is 3.43. The molecule has 4 nitrogen and oxygen atoms in total. The number of aliphatic hydroxyl groups is 1. The number of aliphatic hydroxyl groups excluding tert-OH is 1. The first-order chi connectivity index (χ1) is 6.81. The van der Waals surface area contributed by atoms with Crippen LogP contribution in [-0.4, -0.2) is 31.4 Å². The maximum Gasteiger partial charge on any atom is 0.212 e. The first-order valence-electron chi connectivity index (χ1n) is 5.43. The molecule has 0 rings (SSSR count). The molecule has 0 saturated carbocycles. The molecule has 0 aliphatic carbocycles. The molecular weight excluding hydrogens is 214 g/mol. The van der Waals surface area contributed by atoms with Crippen LogP contribution < -0.4 is 4.72 Å². The second-order valence-electron chi connectivity index (χ2n) is 4.42. The Hall–Kier alpha value is -0.130. The topological polar surface area (TPSA) is 66.4 Å². The molecule has 15 heavy (non-hydrogen) atoms. The van der Waals surface area contributed by atoms with Gasteiger partial charge in [0.2, 0.25) is 10.0 Å². The molecule has 0 bridgehead atoms. The standard InChI is InChI=1S/C10H23NO3S/c1-5-10(6-2,8-12)11-15(13,14)7-9(3)4/h9,11-12H,5-8H2,1-4H3. The van der Waals surface area contributed by atoms with E-state index < -0.39 is 15.6 Å². The van der Waals surface area contributed by atoms with E-state index in [1.807, 2.05) is 27.7 Å². The minimum Gasteiger partial charge on any atom is -0.394 e. The quantitative estimate of drug-likeness (QED) is 0.697. The summed E-state index contributed by atoms with van der Waals surface area (Å²) in [6.45, 7) is 7.31. The van der Waals surface area contributed by atoms with Gasteiger partial charge in [0, 0.05) is 0 Å². The van der Waals surface area contributed by atoms with E-state index in [1.165, 1.54) is 0 Å². The molecule has 5 heteroatoms. The van der Waals surface area contributed by atoms with Crippen molar-refractivity contribution >= 4 is 10.0 Å². The van der Waals surface area contributed by atoms with E-state index in [4.69, 9.17) is 0 Å². The van der Waals surface area contributed by atoms with Gasteiger partial charge >= 0.3 is 0 Å². The van der Waals surface area contributed by atoms with Crippen molar-refractivity contribution in [3.63, 3.8) is 0 Å². The fourth-order valence-electron chi connectivity index (χ4n) is 1.46. The molecule has 0 unspecified atom stereocenters. The van der Waals surface area contributed by atoms with E-state index in [2.05, 4.69) is 4.72 Å². The highest BCUT2D eigenvalue weighted by Gasteiger charge is 2.30. The minimum atomic E-state index is -3.28. The van der Waals surface area contributed by atoms with Crippen molar-refractivity contribution in [3.05, 3.63) is 0 Å². The van der Waals surface area contributed by atoms with E-state index >= 15 is 0 Å². The van der Waals surface area contributed by atoms with Gasteiger partial charge in [-0.1, -0.05) is 27.7 Å². The van der Waals surface area contributed by atoms with Crippen LogP contribution in [0.5, 0.6) is 0 Å². The van der Waals surface area contributed by atoms with Crippen molar-refractivity contribution < 1.29 is 13.5 Å². The average molecular weight is 237 g/mol. The van der Waals surface area contributed by atoms with Crippen molar-refractivity contribution in [1.82, 2.24) is 4.72 Å². The highest BCUT2D eigenvalue weighted by atomic mass is 32.2. The highest BCUT2D eigenvalue weighted by molar-refractivity contribution is 7.89. The molecule has 0 amide bonds. The van der Waals surface area contributed by atoms with Crippen molar-refractivity contribution in [3.8, 4) is 0 Å². The lowest BCUT2D eigenvalue weighted by Crippen LogP contribution is -2.51. The Balaban J connectivity index is 4.67. The van der Waals surface area contributed by atoms with Gasteiger partial charge in [0.1, 0.15) is 0 Å². The molecule has 0 aromatic heterocycles. The third-order valence-electron chi connectivity index (χ3n) is 2.58. The van der Waals surface area contributed by atoms with Crippen molar-refractivity contribution in [2.75, 3.05) is 12.4 Å². The summed E-state index contributed by atoms with van der Waals surface area (Å²) in [5, 5.41) is 9.25. The van der Waals surface area contributed by atoms with Crippen LogP contribution in [0.1, 0.15) is 40.5 Å². The summed E-state index contributed by atoms with van der Waals surface area (Å²) in [5.41, 5.74) is -0.687. The zero-order valence-electron chi connectivity index (χ0n) is 10.1. The van der Waals surface area contributed by atoms with Gasteiger partial charge in [0.25, 0.3) is 0 Å². The number of sulfonamides is 1. The first kappa shape index (κ1) is 14.9. The summed E-state index contributed by atoms with van der Waals surface area (Å²) in [6, 6.07) is 0. The molecular formula is C10H23NO3S. The van der Waals surface area contributed by atoms with Crippen LogP contribution >= 0.6 is 0 Å². The van der Waals surface area contributed by atoms with Gasteiger partial charge in [0.15, 0.2) is 0 Å². The van der Waals surface area contributed by atoms with E-state index in [-0.39, 0.29) is 18.3 Å². The Morgan fingerprint density at radius 3 is 2.00 bits per heavy atom. The molecule has 92 valence electrons. The maximum atomic E-state index is 11.7. The number of nitrogens with one attached hydrogen (secondary N) is 1. The van der Waals surface area contributed by atoms with Crippen LogP contribution in [-0.2, 0) is 10.0 Å². The van der Waals surface area contributed by atoms with Gasteiger partial charge in [-0.2, -0.15) is 0 Å². The summed E-state index contributed by atoms with van der Waals surface area (Å²) < 4.78 is 26.0. The highest BCUT2D eigenvalue weighted by Crippen LogP contribution is 2.16. The van der Waals surface area contributed by atoms with E-state index in [1.54, 1.807) is 0 Å². The molecule has 0 saturated heterocycles. The number of rotatable bonds is 7. The van der Waals surface area contributed by atoms with Crippen molar-refractivity contribution in [2.24, 2.45) is 5.92 Å². The monoisotopic (exact) mass is 237 g/mol. The van der Waals surface area contributed by atoms with E-state index in [0.717, 1.165) is 0 Å². The lowest BCUT2D eigenvalue weighted by molar-refractivity contribution is 0.172. The predicted octanol–water partition coefficient (Wildman–Crippen LogP) is 1.11. The van der Waals surface area contributed by atoms with Gasteiger partial charge in [-0.3, -0.25) is 0 Å². The van der Waals surface area contributed by atoms with Gasteiger partial charge in [0.05, 0.1) is 17.9 Å².